The minimum atomic E-state index is -0.296. The van der Waals surface area contributed by atoms with Crippen LogP contribution in [0, 0.1) is 5.92 Å². The van der Waals surface area contributed by atoms with Gasteiger partial charge in [-0.05, 0) is 32.2 Å². The van der Waals surface area contributed by atoms with Gasteiger partial charge in [-0.2, -0.15) is 0 Å². The van der Waals surface area contributed by atoms with E-state index in [-0.39, 0.29) is 17.9 Å². The molecular weight excluding hydrogens is 190 g/mol. The van der Waals surface area contributed by atoms with Crippen molar-refractivity contribution in [1.82, 2.24) is 4.90 Å². The molecule has 0 aliphatic carbocycles. The lowest BCUT2D eigenvalue weighted by Crippen LogP contribution is -2.41. The monoisotopic (exact) mass is 213 g/mol. The van der Waals surface area contributed by atoms with Crippen LogP contribution in [-0.2, 0) is 4.79 Å². The average Bonchev–Trinajstić information content (AvgIpc) is 2.64. The number of rotatable bonds is 5. The van der Waals surface area contributed by atoms with Crippen molar-refractivity contribution in [3.05, 3.63) is 0 Å². The molecule has 0 radical (unpaired) electrons. The van der Waals surface area contributed by atoms with Crippen LogP contribution in [0.25, 0.3) is 0 Å². The highest BCUT2D eigenvalue weighted by Gasteiger charge is 2.30. The van der Waals surface area contributed by atoms with Crippen molar-refractivity contribution in [2.75, 3.05) is 13.1 Å². The zero-order valence-electron chi connectivity index (χ0n) is 10.1. The van der Waals surface area contributed by atoms with E-state index in [0.29, 0.717) is 12.5 Å². The van der Waals surface area contributed by atoms with Crippen LogP contribution < -0.4 is 0 Å². The molecule has 0 amide bonds. The van der Waals surface area contributed by atoms with Crippen molar-refractivity contribution in [2.45, 2.75) is 52.2 Å². The average molecular weight is 213 g/mol. The Kier molecular flexibility index (Phi) is 4.74. The highest BCUT2D eigenvalue weighted by atomic mass is 16.3. The van der Waals surface area contributed by atoms with Gasteiger partial charge in [0.25, 0.3) is 0 Å². The molecule has 1 fully saturated rings. The van der Waals surface area contributed by atoms with Crippen LogP contribution in [0.4, 0.5) is 0 Å². The van der Waals surface area contributed by atoms with E-state index in [9.17, 15) is 9.90 Å². The number of carbonyl (C=O) groups is 1. The van der Waals surface area contributed by atoms with Crippen molar-refractivity contribution in [3.63, 3.8) is 0 Å². The number of carbonyl (C=O) groups excluding carboxylic acids is 1. The Morgan fingerprint density at radius 3 is 2.80 bits per heavy atom. The fraction of sp³-hybridized carbons (Fsp3) is 0.917. The summed E-state index contributed by atoms with van der Waals surface area (Å²) in [6, 6.07) is 0.0590. The lowest BCUT2D eigenvalue weighted by Gasteiger charge is -2.27. The summed E-state index contributed by atoms with van der Waals surface area (Å²) in [6.45, 7) is 7.40. The van der Waals surface area contributed by atoms with E-state index >= 15 is 0 Å². The van der Waals surface area contributed by atoms with Gasteiger partial charge >= 0.3 is 0 Å². The van der Waals surface area contributed by atoms with Crippen LogP contribution in [0.3, 0.4) is 0 Å². The molecule has 3 heteroatoms. The summed E-state index contributed by atoms with van der Waals surface area (Å²) in [4.78, 5) is 13.5. The first kappa shape index (κ1) is 12.7. The number of nitrogens with zero attached hydrogens (tertiary/aromatic N) is 1. The van der Waals surface area contributed by atoms with Crippen LogP contribution in [0.2, 0.25) is 0 Å². The molecule has 88 valence electrons. The molecule has 0 spiro atoms. The summed E-state index contributed by atoms with van der Waals surface area (Å²) in [5.74, 6) is 0.557. The van der Waals surface area contributed by atoms with Gasteiger partial charge < -0.3 is 5.11 Å². The van der Waals surface area contributed by atoms with Gasteiger partial charge in [0.2, 0.25) is 0 Å². The molecule has 0 saturated carbocycles. The minimum Gasteiger partial charge on any atom is -0.392 e. The van der Waals surface area contributed by atoms with Gasteiger partial charge in [0.15, 0.2) is 0 Å². The van der Waals surface area contributed by atoms with E-state index < -0.39 is 0 Å². The highest BCUT2D eigenvalue weighted by molar-refractivity contribution is 5.81. The van der Waals surface area contributed by atoms with Crippen molar-refractivity contribution in [1.29, 1.82) is 0 Å². The van der Waals surface area contributed by atoms with E-state index in [1.165, 1.54) is 0 Å². The molecule has 3 atom stereocenters. The fourth-order valence-electron chi connectivity index (χ4n) is 2.20. The van der Waals surface area contributed by atoms with E-state index in [1.54, 1.807) is 6.92 Å². The molecule has 1 rings (SSSR count). The number of hydrogen-bond donors (Lipinski definition) is 1. The lowest BCUT2D eigenvalue weighted by molar-refractivity contribution is -0.121. The van der Waals surface area contributed by atoms with E-state index in [4.69, 9.17) is 0 Å². The number of β-amino-alcohol motifs (C(OH)–C–C–N with tert-alkyl or cyclic N) is 1. The molecular formula is C12H23NO2. The molecule has 0 aromatic carbocycles. The summed E-state index contributed by atoms with van der Waals surface area (Å²) >= 11 is 0. The molecule has 1 N–H and O–H groups in total. The smallest absolute Gasteiger partial charge is 0.146 e. The van der Waals surface area contributed by atoms with E-state index in [2.05, 4.69) is 18.7 Å². The van der Waals surface area contributed by atoms with Gasteiger partial charge in [0.1, 0.15) is 5.78 Å². The first-order valence-electron chi connectivity index (χ1n) is 5.98. The molecule has 1 aliphatic heterocycles. The Morgan fingerprint density at radius 1 is 1.60 bits per heavy atom. The second-order valence-electron chi connectivity index (χ2n) is 4.72. The standard InChI is InChI=1S/C12H23NO2/c1-4-9(2)12(15)8-13-7-5-6-11(13)10(3)14/h9,11-12,15H,4-8H2,1-3H3. The quantitative estimate of drug-likeness (QED) is 0.751. The van der Waals surface area contributed by atoms with Crippen LogP contribution >= 0.6 is 0 Å². The van der Waals surface area contributed by atoms with Crippen LogP contribution in [0.15, 0.2) is 0 Å². The third-order valence-electron chi connectivity index (χ3n) is 3.56. The zero-order valence-corrected chi connectivity index (χ0v) is 10.1. The van der Waals surface area contributed by atoms with Crippen LogP contribution in [0.5, 0.6) is 0 Å². The molecule has 0 aromatic heterocycles. The van der Waals surface area contributed by atoms with Gasteiger partial charge in [-0.15, -0.1) is 0 Å². The van der Waals surface area contributed by atoms with Gasteiger partial charge in [0, 0.05) is 6.54 Å². The van der Waals surface area contributed by atoms with Gasteiger partial charge in [-0.25, -0.2) is 0 Å². The largest absolute Gasteiger partial charge is 0.392 e. The molecule has 3 nitrogen and oxygen atoms in total. The third kappa shape index (κ3) is 3.28. The Bertz CT molecular complexity index is 218. The maximum absolute atomic E-state index is 11.4. The number of ketones is 1. The predicted molar refractivity (Wildman–Crippen MR) is 60.7 cm³/mol. The van der Waals surface area contributed by atoms with Crippen molar-refractivity contribution >= 4 is 5.78 Å². The molecule has 0 bridgehead atoms. The lowest BCUT2D eigenvalue weighted by atomic mass is 10.0. The third-order valence-corrected chi connectivity index (χ3v) is 3.56. The maximum atomic E-state index is 11.4. The van der Waals surface area contributed by atoms with E-state index in [0.717, 1.165) is 25.8 Å². The van der Waals surface area contributed by atoms with Gasteiger partial charge in [-0.1, -0.05) is 20.3 Å². The Hall–Kier alpha value is -0.410. The molecule has 1 aliphatic rings. The summed E-state index contributed by atoms with van der Waals surface area (Å²) in [7, 11) is 0. The second-order valence-corrected chi connectivity index (χ2v) is 4.72. The number of aliphatic hydroxyl groups excluding tert-OH is 1. The number of hydrogen-bond acceptors (Lipinski definition) is 3. The number of Topliss-reactive ketones (excluding diaryl/α,β-unsaturated/α-hetero) is 1. The first-order valence-corrected chi connectivity index (χ1v) is 5.98. The van der Waals surface area contributed by atoms with Crippen LogP contribution in [-0.4, -0.2) is 41.0 Å². The fourth-order valence-corrected chi connectivity index (χ4v) is 2.20. The first-order chi connectivity index (χ1) is 7.06. The molecule has 1 heterocycles. The second kappa shape index (κ2) is 5.61. The van der Waals surface area contributed by atoms with Crippen molar-refractivity contribution in [2.24, 2.45) is 5.92 Å². The maximum Gasteiger partial charge on any atom is 0.146 e. The molecule has 0 aromatic rings. The summed E-state index contributed by atoms with van der Waals surface area (Å²) < 4.78 is 0. The normalized spacial score (nSPS) is 26.5. The van der Waals surface area contributed by atoms with Gasteiger partial charge in [-0.3, -0.25) is 9.69 Å². The van der Waals surface area contributed by atoms with Crippen molar-refractivity contribution in [3.8, 4) is 0 Å². The highest BCUT2D eigenvalue weighted by Crippen LogP contribution is 2.20. The number of aliphatic hydroxyl groups is 1. The SMILES string of the molecule is CCC(C)C(O)CN1CCCC1C(C)=O. The van der Waals surface area contributed by atoms with E-state index in [1.807, 2.05) is 0 Å². The molecule has 1 saturated heterocycles. The summed E-state index contributed by atoms with van der Waals surface area (Å²) in [5, 5.41) is 9.92. The Balaban J connectivity index is 2.46. The topological polar surface area (TPSA) is 40.5 Å². The zero-order chi connectivity index (χ0) is 11.4. The molecule has 3 unspecified atom stereocenters. The Morgan fingerprint density at radius 2 is 2.27 bits per heavy atom. The minimum absolute atomic E-state index is 0.0590. The number of likely N-dealkylation sites (tertiary alicyclic amines) is 1. The van der Waals surface area contributed by atoms with Gasteiger partial charge in [0.05, 0.1) is 12.1 Å². The predicted octanol–water partition coefficient (Wildman–Crippen LogP) is 1.45. The summed E-state index contributed by atoms with van der Waals surface area (Å²) in [5.41, 5.74) is 0. The summed E-state index contributed by atoms with van der Waals surface area (Å²) in [6.07, 6.45) is 2.73. The van der Waals surface area contributed by atoms with Crippen molar-refractivity contribution < 1.29 is 9.90 Å². The van der Waals surface area contributed by atoms with Crippen LogP contribution in [0.1, 0.15) is 40.0 Å². The molecule has 15 heavy (non-hydrogen) atoms. The Labute approximate surface area is 92.5 Å².